The molecule has 5 nitrogen and oxygen atoms in total. The Kier molecular flexibility index (Phi) is 6.61. The topological polar surface area (TPSA) is 79.5 Å². The first kappa shape index (κ1) is 17.8. The van der Waals surface area contributed by atoms with E-state index in [1.165, 1.54) is 5.56 Å². The fraction of sp³-hybridized carbons (Fsp3) is 0.368. The molecule has 0 aliphatic carbocycles. The van der Waals surface area contributed by atoms with Crippen molar-refractivity contribution in [2.75, 3.05) is 6.54 Å². The maximum absolute atomic E-state index is 12.0. The van der Waals surface area contributed by atoms with Gasteiger partial charge in [0.15, 0.2) is 5.76 Å². The first-order chi connectivity index (χ1) is 11.6. The lowest BCUT2D eigenvalue weighted by atomic mass is 10.1. The molecular weight excluding hydrogens is 306 g/mol. The lowest BCUT2D eigenvalue weighted by Crippen LogP contribution is -2.23. The minimum Gasteiger partial charge on any atom is -0.481 e. The first-order valence-corrected chi connectivity index (χ1v) is 8.29. The maximum atomic E-state index is 12.0. The van der Waals surface area contributed by atoms with Gasteiger partial charge < -0.3 is 14.8 Å². The number of carboxylic acids is 1. The fourth-order valence-corrected chi connectivity index (χ4v) is 2.39. The molecule has 0 radical (unpaired) electrons. The van der Waals surface area contributed by atoms with Crippen molar-refractivity contribution in [3.05, 3.63) is 47.7 Å². The van der Waals surface area contributed by atoms with Gasteiger partial charge >= 0.3 is 5.97 Å². The van der Waals surface area contributed by atoms with Crippen LogP contribution in [0.1, 0.15) is 48.7 Å². The summed E-state index contributed by atoms with van der Waals surface area (Å²) in [5.74, 6) is -0.0712. The van der Waals surface area contributed by atoms with E-state index >= 15 is 0 Å². The van der Waals surface area contributed by atoms with Gasteiger partial charge in [-0.1, -0.05) is 37.6 Å². The highest BCUT2D eigenvalue weighted by Gasteiger charge is 2.11. The van der Waals surface area contributed by atoms with Gasteiger partial charge in [-0.15, -0.1) is 0 Å². The monoisotopic (exact) mass is 329 g/mol. The van der Waals surface area contributed by atoms with Crippen molar-refractivity contribution in [1.82, 2.24) is 5.32 Å². The third kappa shape index (κ3) is 5.26. The van der Waals surface area contributed by atoms with Crippen molar-refractivity contribution >= 4 is 11.9 Å². The Labute approximate surface area is 141 Å². The summed E-state index contributed by atoms with van der Waals surface area (Å²) in [4.78, 5) is 22.4. The van der Waals surface area contributed by atoms with E-state index in [0.29, 0.717) is 18.7 Å². The number of carbonyl (C=O) groups excluding carboxylic acids is 1. The van der Waals surface area contributed by atoms with Crippen molar-refractivity contribution in [1.29, 1.82) is 0 Å². The molecule has 0 saturated heterocycles. The largest absolute Gasteiger partial charge is 0.481 e. The molecule has 2 N–H and O–H groups in total. The zero-order chi connectivity index (χ0) is 17.4. The molecule has 2 aromatic rings. The summed E-state index contributed by atoms with van der Waals surface area (Å²) in [5, 5.41) is 11.3. The van der Waals surface area contributed by atoms with E-state index in [2.05, 4.69) is 24.4 Å². The van der Waals surface area contributed by atoms with Gasteiger partial charge in [-0.2, -0.15) is 0 Å². The Morgan fingerprint density at radius 1 is 1.04 bits per heavy atom. The SMILES string of the molecule is CCc1ccc(-c2ccc(C(=O)NCCCCCC(=O)O)o2)cc1. The second-order valence-electron chi connectivity index (χ2n) is 5.67. The number of unbranched alkanes of at least 4 members (excludes halogenated alkanes) is 2. The van der Waals surface area contributed by atoms with Gasteiger partial charge in [-0.25, -0.2) is 0 Å². The summed E-state index contributed by atoms with van der Waals surface area (Å²) < 4.78 is 5.62. The summed E-state index contributed by atoms with van der Waals surface area (Å²) in [6.45, 7) is 2.62. The van der Waals surface area contributed by atoms with E-state index in [1.807, 2.05) is 12.1 Å². The molecule has 1 aromatic heterocycles. The van der Waals surface area contributed by atoms with Crippen LogP contribution in [0.2, 0.25) is 0 Å². The van der Waals surface area contributed by atoms with Crippen LogP contribution in [-0.2, 0) is 11.2 Å². The molecule has 0 spiro atoms. The third-order valence-electron chi connectivity index (χ3n) is 3.83. The van der Waals surface area contributed by atoms with Crippen molar-refractivity contribution in [2.45, 2.75) is 39.0 Å². The molecule has 5 heteroatoms. The molecule has 24 heavy (non-hydrogen) atoms. The number of nitrogens with one attached hydrogen (secondary N) is 1. The quantitative estimate of drug-likeness (QED) is 0.684. The predicted molar refractivity (Wildman–Crippen MR) is 92.0 cm³/mol. The molecular formula is C19H23NO4. The zero-order valence-electron chi connectivity index (χ0n) is 13.9. The molecule has 0 aliphatic rings. The molecule has 1 amide bonds. The Morgan fingerprint density at radius 3 is 2.46 bits per heavy atom. The van der Waals surface area contributed by atoms with Crippen molar-refractivity contribution < 1.29 is 19.1 Å². The average Bonchev–Trinajstić information content (AvgIpc) is 3.07. The second kappa shape index (κ2) is 8.91. The highest BCUT2D eigenvalue weighted by molar-refractivity contribution is 5.92. The van der Waals surface area contributed by atoms with E-state index in [9.17, 15) is 9.59 Å². The van der Waals surface area contributed by atoms with E-state index in [-0.39, 0.29) is 18.1 Å². The zero-order valence-corrected chi connectivity index (χ0v) is 13.9. The lowest BCUT2D eigenvalue weighted by Gasteiger charge is -2.03. The Morgan fingerprint density at radius 2 is 1.79 bits per heavy atom. The number of rotatable bonds is 9. The summed E-state index contributed by atoms with van der Waals surface area (Å²) >= 11 is 0. The third-order valence-corrected chi connectivity index (χ3v) is 3.83. The number of carbonyl (C=O) groups is 2. The molecule has 128 valence electrons. The van der Waals surface area contributed by atoms with Gasteiger partial charge in [0.25, 0.3) is 5.91 Å². The average molecular weight is 329 g/mol. The van der Waals surface area contributed by atoms with Gasteiger partial charge in [0, 0.05) is 18.5 Å². The molecule has 0 saturated carbocycles. The molecule has 2 rings (SSSR count). The molecule has 1 aromatic carbocycles. The van der Waals surface area contributed by atoms with Crippen molar-refractivity contribution in [3.8, 4) is 11.3 Å². The number of carboxylic acid groups (broad SMARTS) is 1. The van der Waals surface area contributed by atoms with E-state index in [4.69, 9.17) is 9.52 Å². The van der Waals surface area contributed by atoms with Crippen LogP contribution in [0.4, 0.5) is 0 Å². The summed E-state index contributed by atoms with van der Waals surface area (Å²) in [6.07, 6.45) is 3.32. The number of benzene rings is 1. The normalized spacial score (nSPS) is 10.5. The number of furan rings is 1. The smallest absolute Gasteiger partial charge is 0.303 e. The van der Waals surface area contributed by atoms with Crippen LogP contribution >= 0.6 is 0 Å². The highest BCUT2D eigenvalue weighted by atomic mass is 16.4. The molecule has 0 unspecified atom stereocenters. The van der Waals surface area contributed by atoms with Gasteiger partial charge in [0.05, 0.1) is 0 Å². The summed E-state index contributed by atoms with van der Waals surface area (Å²) in [5.41, 5.74) is 2.20. The first-order valence-electron chi connectivity index (χ1n) is 8.29. The number of hydrogen-bond donors (Lipinski definition) is 2. The number of aliphatic carboxylic acids is 1. The standard InChI is InChI=1S/C19H23NO4/c1-2-14-7-9-15(10-8-14)16-11-12-17(24-16)19(23)20-13-5-3-4-6-18(21)22/h7-12H,2-6,13H2,1H3,(H,20,23)(H,21,22). The Hall–Kier alpha value is -2.56. The second-order valence-corrected chi connectivity index (χ2v) is 5.67. The molecule has 1 heterocycles. The molecule has 0 atom stereocenters. The Bertz CT molecular complexity index is 673. The minimum absolute atomic E-state index is 0.173. The van der Waals surface area contributed by atoms with E-state index in [0.717, 1.165) is 24.8 Å². The number of amides is 1. The van der Waals surface area contributed by atoms with Gasteiger partial charge in [-0.3, -0.25) is 9.59 Å². The maximum Gasteiger partial charge on any atom is 0.303 e. The van der Waals surface area contributed by atoms with Crippen LogP contribution in [0.5, 0.6) is 0 Å². The molecule has 0 aliphatic heterocycles. The lowest BCUT2D eigenvalue weighted by molar-refractivity contribution is -0.137. The highest BCUT2D eigenvalue weighted by Crippen LogP contribution is 2.22. The van der Waals surface area contributed by atoms with Crippen LogP contribution in [-0.4, -0.2) is 23.5 Å². The van der Waals surface area contributed by atoms with Gasteiger partial charge in [-0.05, 0) is 37.0 Å². The van der Waals surface area contributed by atoms with Crippen molar-refractivity contribution in [2.24, 2.45) is 0 Å². The van der Waals surface area contributed by atoms with Gasteiger partial charge in [0.1, 0.15) is 5.76 Å². The van der Waals surface area contributed by atoms with E-state index in [1.54, 1.807) is 12.1 Å². The van der Waals surface area contributed by atoms with Crippen LogP contribution in [0.25, 0.3) is 11.3 Å². The number of aryl methyl sites for hydroxylation is 1. The van der Waals surface area contributed by atoms with E-state index < -0.39 is 5.97 Å². The summed E-state index contributed by atoms with van der Waals surface area (Å²) in [7, 11) is 0. The number of hydrogen-bond acceptors (Lipinski definition) is 3. The predicted octanol–water partition coefficient (Wildman–Crippen LogP) is 3.88. The van der Waals surface area contributed by atoms with Crippen LogP contribution < -0.4 is 5.32 Å². The van der Waals surface area contributed by atoms with Crippen LogP contribution in [0.15, 0.2) is 40.8 Å². The minimum atomic E-state index is -0.783. The van der Waals surface area contributed by atoms with Crippen molar-refractivity contribution in [3.63, 3.8) is 0 Å². The molecule has 0 bridgehead atoms. The Balaban J connectivity index is 1.81. The van der Waals surface area contributed by atoms with Gasteiger partial charge in [0.2, 0.25) is 0 Å². The molecule has 0 fully saturated rings. The van der Waals surface area contributed by atoms with Crippen LogP contribution in [0, 0.1) is 0 Å². The van der Waals surface area contributed by atoms with Crippen LogP contribution in [0.3, 0.4) is 0 Å². The fourth-order valence-electron chi connectivity index (χ4n) is 2.39. The summed E-state index contributed by atoms with van der Waals surface area (Å²) in [6, 6.07) is 11.5.